The van der Waals surface area contributed by atoms with E-state index in [4.69, 9.17) is 14.2 Å². The molecule has 1 N–H and O–H groups in total. The number of fused-ring (bicyclic) bond motifs is 1. The third-order valence-corrected chi connectivity index (χ3v) is 5.54. The maximum Gasteiger partial charge on any atom is 0.276 e. The van der Waals surface area contributed by atoms with E-state index >= 15 is 0 Å². The van der Waals surface area contributed by atoms with Crippen LogP contribution in [0.5, 0.6) is 11.5 Å². The molecule has 1 amide bonds. The maximum atomic E-state index is 12.9. The number of carbonyl (C=O) groups excluding carboxylic acids is 1. The standard InChI is InChI=1S/C22H21N3O5S/c1-28-10-9-25-21(26)8-7-16(24-25)22(27)23-17-13-18-19(30-12-11-29-18)14-20(17)31-15-5-3-2-4-6-15/h2-8,13-14H,9-12H2,1H3,(H,23,27). The number of benzene rings is 2. The van der Waals surface area contributed by atoms with E-state index < -0.39 is 5.91 Å². The van der Waals surface area contributed by atoms with Crippen molar-refractivity contribution in [1.82, 2.24) is 9.78 Å². The molecule has 2 heterocycles. The lowest BCUT2D eigenvalue weighted by Crippen LogP contribution is -2.27. The number of amides is 1. The van der Waals surface area contributed by atoms with Gasteiger partial charge in [0.05, 0.1) is 18.8 Å². The van der Waals surface area contributed by atoms with Gasteiger partial charge >= 0.3 is 0 Å². The van der Waals surface area contributed by atoms with Crippen LogP contribution in [0, 0.1) is 0 Å². The Bertz CT molecular complexity index is 1130. The van der Waals surface area contributed by atoms with Gasteiger partial charge in [0, 0.05) is 35.1 Å². The Morgan fingerprint density at radius 2 is 1.87 bits per heavy atom. The number of anilines is 1. The van der Waals surface area contributed by atoms with E-state index in [1.54, 1.807) is 6.07 Å². The molecule has 0 spiro atoms. The van der Waals surface area contributed by atoms with Crippen LogP contribution < -0.4 is 20.3 Å². The van der Waals surface area contributed by atoms with Crippen molar-refractivity contribution in [1.29, 1.82) is 0 Å². The molecular formula is C22H21N3O5S. The Hall–Kier alpha value is -3.30. The van der Waals surface area contributed by atoms with E-state index in [-0.39, 0.29) is 17.8 Å². The summed E-state index contributed by atoms with van der Waals surface area (Å²) in [6, 6.07) is 16.1. The lowest BCUT2D eigenvalue weighted by molar-refractivity contribution is 0.101. The highest BCUT2D eigenvalue weighted by atomic mass is 32.2. The Balaban J connectivity index is 1.63. The van der Waals surface area contributed by atoms with Crippen LogP contribution in [0.2, 0.25) is 0 Å². The Morgan fingerprint density at radius 1 is 1.13 bits per heavy atom. The Kier molecular flexibility index (Phi) is 6.54. The third-order valence-electron chi connectivity index (χ3n) is 4.47. The molecule has 0 saturated heterocycles. The lowest BCUT2D eigenvalue weighted by atomic mass is 10.2. The second-order valence-electron chi connectivity index (χ2n) is 6.63. The van der Waals surface area contributed by atoms with Gasteiger partial charge in [-0.1, -0.05) is 30.0 Å². The summed E-state index contributed by atoms with van der Waals surface area (Å²) in [4.78, 5) is 26.7. The van der Waals surface area contributed by atoms with Crippen molar-refractivity contribution in [2.75, 3.05) is 32.2 Å². The fourth-order valence-electron chi connectivity index (χ4n) is 2.96. The van der Waals surface area contributed by atoms with Gasteiger partial charge in [-0.3, -0.25) is 9.59 Å². The molecule has 1 aliphatic rings. The fourth-order valence-corrected chi connectivity index (χ4v) is 3.90. The van der Waals surface area contributed by atoms with Gasteiger partial charge in [-0.2, -0.15) is 5.10 Å². The Labute approximate surface area is 183 Å². The van der Waals surface area contributed by atoms with Crippen molar-refractivity contribution in [3.63, 3.8) is 0 Å². The van der Waals surface area contributed by atoms with E-state index in [1.807, 2.05) is 36.4 Å². The Morgan fingerprint density at radius 3 is 2.61 bits per heavy atom. The maximum absolute atomic E-state index is 12.9. The number of methoxy groups -OCH3 is 1. The minimum Gasteiger partial charge on any atom is -0.486 e. The molecule has 0 aliphatic carbocycles. The van der Waals surface area contributed by atoms with Crippen molar-refractivity contribution in [2.24, 2.45) is 0 Å². The number of nitrogens with one attached hydrogen (secondary N) is 1. The molecule has 0 saturated carbocycles. The first-order valence-electron chi connectivity index (χ1n) is 9.69. The normalized spacial score (nSPS) is 12.4. The number of carbonyl (C=O) groups is 1. The second-order valence-corrected chi connectivity index (χ2v) is 7.75. The van der Waals surface area contributed by atoms with Crippen LogP contribution in [-0.2, 0) is 11.3 Å². The monoisotopic (exact) mass is 439 g/mol. The molecular weight excluding hydrogens is 418 g/mol. The summed E-state index contributed by atoms with van der Waals surface area (Å²) in [6.45, 7) is 1.49. The van der Waals surface area contributed by atoms with Crippen molar-refractivity contribution in [3.05, 3.63) is 70.6 Å². The number of aromatic nitrogens is 2. The van der Waals surface area contributed by atoms with Crippen LogP contribution in [0.1, 0.15) is 10.5 Å². The molecule has 31 heavy (non-hydrogen) atoms. The SMILES string of the molecule is COCCn1nc(C(=O)Nc2cc3c(cc2Sc2ccccc2)OCCO3)ccc1=O. The predicted octanol–water partition coefficient (Wildman–Crippen LogP) is 3.06. The summed E-state index contributed by atoms with van der Waals surface area (Å²) < 4.78 is 17.6. The van der Waals surface area contributed by atoms with E-state index in [0.29, 0.717) is 37.0 Å². The summed E-state index contributed by atoms with van der Waals surface area (Å²) in [6.07, 6.45) is 0. The van der Waals surface area contributed by atoms with Crippen molar-refractivity contribution in [2.45, 2.75) is 16.3 Å². The number of hydrogen-bond donors (Lipinski definition) is 1. The van der Waals surface area contributed by atoms with Gasteiger partial charge in [-0.05, 0) is 18.2 Å². The van der Waals surface area contributed by atoms with Crippen LogP contribution >= 0.6 is 11.8 Å². The molecule has 1 aliphatic heterocycles. The molecule has 0 radical (unpaired) electrons. The van der Waals surface area contributed by atoms with Gasteiger partial charge in [0.2, 0.25) is 0 Å². The zero-order valence-electron chi connectivity index (χ0n) is 16.9. The summed E-state index contributed by atoms with van der Waals surface area (Å²) in [5, 5.41) is 7.05. The first-order valence-corrected chi connectivity index (χ1v) is 10.5. The van der Waals surface area contributed by atoms with E-state index in [9.17, 15) is 9.59 Å². The molecule has 160 valence electrons. The predicted molar refractivity (Wildman–Crippen MR) is 116 cm³/mol. The molecule has 2 aromatic carbocycles. The minimum atomic E-state index is -0.433. The summed E-state index contributed by atoms with van der Waals surface area (Å²) in [5.74, 6) is 0.767. The van der Waals surface area contributed by atoms with Crippen LogP contribution in [0.25, 0.3) is 0 Å². The largest absolute Gasteiger partial charge is 0.486 e. The smallest absolute Gasteiger partial charge is 0.276 e. The van der Waals surface area contributed by atoms with Gasteiger partial charge in [0.25, 0.3) is 11.5 Å². The van der Waals surface area contributed by atoms with Crippen molar-refractivity contribution < 1.29 is 19.0 Å². The van der Waals surface area contributed by atoms with Gasteiger partial charge in [-0.25, -0.2) is 4.68 Å². The molecule has 0 atom stereocenters. The van der Waals surface area contributed by atoms with Gasteiger partial charge < -0.3 is 19.5 Å². The van der Waals surface area contributed by atoms with Gasteiger partial charge in [0.1, 0.15) is 18.9 Å². The topological polar surface area (TPSA) is 91.7 Å². The molecule has 0 bridgehead atoms. The van der Waals surface area contributed by atoms with E-state index in [0.717, 1.165) is 9.79 Å². The van der Waals surface area contributed by atoms with E-state index in [1.165, 1.54) is 35.7 Å². The molecule has 0 unspecified atom stereocenters. The average Bonchev–Trinajstić information content (AvgIpc) is 2.79. The molecule has 9 heteroatoms. The van der Waals surface area contributed by atoms with Crippen molar-refractivity contribution in [3.8, 4) is 11.5 Å². The highest BCUT2D eigenvalue weighted by Crippen LogP contribution is 2.42. The summed E-state index contributed by atoms with van der Waals surface area (Å²) in [5.41, 5.74) is 0.397. The molecule has 4 rings (SSSR count). The number of hydrogen-bond acceptors (Lipinski definition) is 7. The first-order chi connectivity index (χ1) is 15.1. The molecule has 3 aromatic rings. The van der Waals surface area contributed by atoms with Gasteiger partial charge in [0.15, 0.2) is 11.5 Å². The highest BCUT2D eigenvalue weighted by molar-refractivity contribution is 7.99. The highest BCUT2D eigenvalue weighted by Gasteiger charge is 2.19. The third kappa shape index (κ3) is 5.07. The van der Waals surface area contributed by atoms with Crippen molar-refractivity contribution >= 4 is 23.4 Å². The molecule has 0 fully saturated rings. The van der Waals surface area contributed by atoms with Crippen LogP contribution in [0.4, 0.5) is 5.69 Å². The minimum absolute atomic E-state index is 0.126. The van der Waals surface area contributed by atoms with E-state index in [2.05, 4.69) is 10.4 Å². The molecule has 1 aromatic heterocycles. The van der Waals surface area contributed by atoms with Crippen LogP contribution in [0.3, 0.4) is 0 Å². The lowest BCUT2D eigenvalue weighted by Gasteiger charge is -2.21. The zero-order chi connectivity index (χ0) is 21.6. The number of ether oxygens (including phenoxy) is 3. The van der Waals surface area contributed by atoms with Crippen LogP contribution in [0.15, 0.2) is 69.2 Å². The number of rotatable bonds is 7. The zero-order valence-corrected chi connectivity index (χ0v) is 17.7. The number of nitrogens with zero attached hydrogens (tertiary/aromatic N) is 2. The fraction of sp³-hybridized carbons (Fsp3) is 0.227. The first kappa shape index (κ1) is 21.0. The summed E-state index contributed by atoms with van der Waals surface area (Å²) in [7, 11) is 1.54. The van der Waals surface area contributed by atoms with Gasteiger partial charge in [-0.15, -0.1) is 0 Å². The second kappa shape index (κ2) is 9.67. The summed E-state index contributed by atoms with van der Waals surface area (Å²) >= 11 is 1.50. The molecule has 8 nitrogen and oxygen atoms in total. The van der Waals surface area contributed by atoms with Crippen LogP contribution in [-0.4, -0.2) is 42.6 Å². The quantitative estimate of drug-likeness (QED) is 0.605. The average molecular weight is 439 g/mol.